The molecular formula is C27H15F3N4O2. The third kappa shape index (κ3) is 3.70. The average Bonchev–Trinajstić information content (AvgIpc) is 3.33. The molecular weight excluding hydrogens is 469 g/mol. The maximum Gasteiger partial charge on any atom is 0.416 e. The van der Waals surface area contributed by atoms with Crippen molar-refractivity contribution in [3.05, 3.63) is 107 Å². The Hall–Kier alpha value is -4.79. The second-order valence-electron chi connectivity index (χ2n) is 8.10. The molecule has 0 radical (unpaired) electrons. The van der Waals surface area contributed by atoms with Crippen molar-refractivity contribution in [1.82, 2.24) is 19.5 Å². The summed E-state index contributed by atoms with van der Waals surface area (Å²) in [7, 11) is 0. The normalized spacial score (nSPS) is 11.9. The number of pyridine rings is 3. The van der Waals surface area contributed by atoms with Crippen LogP contribution in [0, 0.1) is 0 Å². The van der Waals surface area contributed by atoms with Crippen LogP contribution in [0.1, 0.15) is 5.56 Å². The minimum Gasteiger partial charge on any atom is -0.434 e. The second kappa shape index (κ2) is 8.16. The molecule has 6 nitrogen and oxygen atoms in total. The predicted octanol–water partition coefficient (Wildman–Crippen LogP) is 6.27. The maximum absolute atomic E-state index is 13.3. The smallest absolute Gasteiger partial charge is 0.416 e. The molecule has 6 rings (SSSR count). The molecule has 0 saturated carbocycles. The van der Waals surface area contributed by atoms with E-state index in [0.29, 0.717) is 16.5 Å². The van der Waals surface area contributed by atoms with Crippen LogP contribution in [0.2, 0.25) is 0 Å². The van der Waals surface area contributed by atoms with E-state index in [1.807, 2.05) is 30.3 Å². The second-order valence-corrected chi connectivity index (χ2v) is 8.10. The molecule has 0 fully saturated rings. The maximum atomic E-state index is 13.3. The molecule has 0 amide bonds. The summed E-state index contributed by atoms with van der Waals surface area (Å²) < 4.78 is 46.7. The van der Waals surface area contributed by atoms with Crippen LogP contribution >= 0.6 is 0 Å². The van der Waals surface area contributed by atoms with E-state index in [4.69, 9.17) is 4.42 Å². The summed E-state index contributed by atoms with van der Waals surface area (Å²) in [6, 6.07) is 19.1. The lowest BCUT2D eigenvalue weighted by molar-refractivity contribution is -0.137. The van der Waals surface area contributed by atoms with Crippen molar-refractivity contribution in [2.45, 2.75) is 6.18 Å². The summed E-state index contributed by atoms with van der Waals surface area (Å²) in [5, 5.41) is 1.51. The van der Waals surface area contributed by atoms with Gasteiger partial charge in [0.15, 0.2) is 11.6 Å². The molecule has 0 atom stereocenters. The van der Waals surface area contributed by atoms with Gasteiger partial charge in [0.25, 0.3) is 5.56 Å². The Morgan fingerprint density at radius 1 is 0.833 bits per heavy atom. The van der Waals surface area contributed by atoms with Crippen molar-refractivity contribution in [1.29, 1.82) is 0 Å². The average molecular weight is 484 g/mol. The number of rotatable bonds is 3. The first-order valence-electron chi connectivity index (χ1n) is 10.9. The fourth-order valence-corrected chi connectivity index (χ4v) is 4.02. The van der Waals surface area contributed by atoms with Crippen molar-refractivity contribution in [2.24, 2.45) is 0 Å². The number of para-hydroxylation sites is 1. The molecule has 36 heavy (non-hydrogen) atoms. The number of alkyl halides is 3. The van der Waals surface area contributed by atoms with Gasteiger partial charge >= 0.3 is 6.18 Å². The van der Waals surface area contributed by atoms with Gasteiger partial charge in [-0.2, -0.15) is 18.2 Å². The minimum absolute atomic E-state index is 0.135. The Kier molecular flexibility index (Phi) is 4.92. The first-order valence-corrected chi connectivity index (χ1v) is 10.9. The highest BCUT2D eigenvalue weighted by molar-refractivity contribution is 5.83. The van der Waals surface area contributed by atoms with Crippen LogP contribution in [-0.2, 0) is 6.18 Å². The van der Waals surface area contributed by atoms with E-state index in [2.05, 4.69) is 15.0 Å². The van der Waals surface area contributed by atoms with Crippen LogP contribution in [-0.4, -0.2) is 19.5 Å². The van der Waals surface area contributed by atoms with Gasteiger partial charge in [0.1, 0.15) is 5.52 Å². The van der Waals surface area contributed by atoms with Gasteiger partial charge in [0, 0.05) is 34.9 Å². The number of hydrogen-bond donors (Lipinski definition) is 0. The molecule has 176 valence electrons. The lowest BCUT2D eigenvalue weighted by Gasteiger charge is -2.08. The fourth-order valence-electron chi connectivity index (χ4n) is 4.02. The van der Waals surface area contributed by atoms with E-state index in [9.17, 15) is 18.0 Å². The van der Waals surface area contributed by atoms with Gasteiger partial charge in [-0.05, 0) is 36.4 Å². The summed E-state index contributed by atoms with van der Waals surface area (Å²) in [4.78, 5) is 26.5. The Morgan fingerprint density at radius 3 is 2.42 bits per heavy atom. The summed E-state index contributed by atoms with van der Waals surface area (Å²) >= 11 is 0. The van der Waals surface area contributed by atoms with Gasteiger partial charge < -0.3 is 4.42 Å². The topological polar surface area (TPSA) is 73.8 Å². The van der Waals surface area contributed by atoms with Crippen molar-refractivity contribution < 1.29 is 17.6 Å². The van der Waals surface area contributed by atoms with Crippen LogP contribution in [0.5, 0.6) is 0 Å². The predicted molar refractivity (Wildman–Crippen MR) is 129 cm³/mol. The monoisotopic (exact) mass is 484 g/mol. The zero-order chi connectivity index (χ0) is 24.9. The number of fused-ring (bicyclic) bond motifs is 2. The lowest BCUT2D eigenvalue weighted by Crippen LogP contribution is -2.19. The summed E-state index contributed by atoms with van der Waals surface area (Å²) in [6.45, 7) is 0. The van der Waals surface area contributed by atoms with E-state index in [-0.39, 0.29) is 23.0 Å². The fraction of sp³-hybridized carbons (Fsp3) is 0.0370. The molecule has 9 heteroatoms. The van der Waals surface area contributed by atoms with Crippen LogP contribution in [0.15, 0.2) is 101 Å². The number of nitrogens with zero attached hydrogens (tertiary/aromatic N) is 4. The first kappa shape index (κ1) is 21.7. The van der Waals surface area contributed by atoms with Gasteiger partial charge in [0.05, 0.1) is 16.6 Å². The Morgan fingerprint density at radius 2 is 1.61 bits per heavy atom. The zero-order valence-electron chi connectivity index (χ0n) is 18.4. The molecule has 0 aliphatic heterocycles. The summed E-state index contributed by atoms with van der Waals surface area (Å²) in [6.07, 6.45) is 0.172. The van der Waals surface area contributed by atoms with E-state index >= 15 is 0 Å². The molecule has 0 N–H and O–H groups in total. The number of aromatic nitrogens is 4. The van der Waals surface area contributed by atoms with E-state index in [0.717, 1.165) is 23.0 Å². The Bertz CT molecular complexity index is 1810. The van der Waals surface area contributed by atoms with Gasteiger partial charge in [-0.25, -0.2) is 0 Å². The van der Waals surface area contributed by atoms with Gasteiger partial charge in [0.2, 0.25) is 5.89 Å². The van der Waals surface area contributed by atoms with E-state index in [1.54, 1.807) is 30.6 Å². The quantitative estimate of drug-likeness (QED) is 0.296. The molecule has 6 aromatic rings. The van der Waals surface area contributed by atoms with Crippen molar-refractivity contribution >= 4 is 21.8 Å². The number of hydrogen-bond acceptors (Lipinski definition) is 5. The molecule has 0 aliphatic carbocycles. The van der Waals surface area contributed by atoms with Gasteiger partial charge in [-0.3, -0.25) is 19.3 Å². The molecule has 0 bridgehead atoms. The number of benzene rings is 2. The standard InChI is InChI=1S/C27H15F3N4O2/c28-27(29,30)20-9-7-17(8-10-20)23-24(34-13-11-16-5-3-12-31-22(16)26(34)35)33-25(36-23)19-14-18-4-1-2-6-21(18)32-15-19/h1-15H. The molecule has 4 heterocycles. The SMILES string of the molecule is O=c1c2ncccc2ccn1-c1nc(-c2cnc3ccccc3c2)oc1-c1ccc(C(F)(F)F)cc1. The highest BCUT2D eigenvalue weighted by atomic mass is 19.4. The van der Waals surface area contributed by atoms with Crippen LogP contribution in [0.4, 0.5) is 13.2 Å². The minimum atomic E-state index is -4.48. The van der Waals surface area contributed by atoms with Crippen LogP contribution < -0.4 is 5.56 Å². The molecule has 0 aliphatic rings. The zero-order valence-corrected chi connectivity index (χ0v) is 18.4. The van der Waals surface area contributed by atoms with Gasteiger partial charge in [-0.1, -0.05) is 36.4 Å². The molecule has 2 aromatic carbocycles. The molecule has 0 spiro atoms. The van der Waals surface area contributed by atoms with Crippen molar-refractivity contribution in [3.8, 4) is 28.6 Å². The highest BCUT2D eigenvalue weighted by Gasteiger charge is 2.30. The molecule has 0 saturated heterocycles. The largest absolute Gasteiger partial charge is 0.434 e. The van der Waals surface area contributed by atoms with Crippen LogP contribution in [0.25, 0.3) is 50.4 Å². The first-order chi connectivity index (χ1) is 17.4. The molecule has 0 unspecified atom stereocenters. The van der Waals surface area contributed by atoms with E-state index in [1.165, 1.54) is 22.9 Å². The van der Waals surface area contributed by atoms with E-state index < -0.39 is 17.3 Å². The number of oxazole rings is 1. The Labute approximate surface area is 201 Å². The summed E-state index contributed by atoms with van der Waals surface area (Å²) in [5.41, 5.74) is 0.679. The summed E-state index contributed by atoms with van der Waals surface area (Å²) in [5.74, 6) is 0.450. The van der Waals surface area contributed by atoms with Gasteiger partial charge in [-0.15, -0.1) is 0 Å². The third-order valence-electron chi connectivity index (χ3n) is 5.81. The number of halogens is 3. The lowest BCUT2D eigenvalue weighted by atomic mass is 10.1. The van der Waals surface area contributed by atoms with Crippen molar-refractivity contribution in [3.63, 3.8) is 0 Å². The Balaban J connectivity index is 1.57. The highest BCUT2D eigenvalue weighted by Crippen LogP contribution is 2.35. The molecule has 4 aromatic heterocycles. The van der Waals surface area contributed by atoms with Crippen LogP contribution in [0.3, 0.4) is 0 Å². The third-order valence-corrected chi connectivity index (χ3v) is 5.81. The van der Waals surface area contributed by atoms with Crippen molar-refractivity contribution in [2.75, 3.05) is 0 Å².